The molecule has 0 saturated carbocycles. The van der Waals surface area contributed by atoms with E-state index in [-0.39, 0.29) is 17.6 Å². The van der Waals surface area contributed by atoms with Crippen LogP contribution in [0.3, 0.4) is 0 Å². The lowest BCUT2D eigenvalue weighted by Crippen LogP contribution is -2.26. The van der Waals surface area contributed by atoms with Gasteiger partial charge in [0.1, 0.15) is 5.82 Å². The van der Waals surface area contributed by atoms with Crippen LogP contribution >= 0.6 is 0 Å². The van der Waals surface area contributed by atoms with Crippen molar-refractivity contribution in [2.24, 2.45) is 0 Å². The molecular weight excluding hydrogens is 321 g/mol. The first-order chi connectivity index (χ1) is 12.2. The fourth-order valence-corrected chi connectivity index (χ4v) is 2.87. The van der Waals surface area contributed by atoms with Crippen LogP contribution in [0.25, 0.3) is 10.9 Å². The minimum atomic E-state index is -0.439. The number of pyridine rings is 2. The van der Waals surface area contributed by atoms with E-state index in [9.17, 15) is 9.18 Å². The number of fused-ring (bicyclic) bond motifs is 1. The number of rotatable bonds is 7. The Hall–Kier alpha value is -2.57. The van der Waals surface area contributed by atoms with Gasteiger partial charge in [0.2, 0.25) is 0 Å². The summed E-state index contributed by atoms with van der Waals surface area (Å²) in [5, 5.41) is 9.47. The zero-order valence-electron chi connectivity index (χ0n) is 13.8. The summed E-state index contributed by atoms with van der Waals surface area (Å²) in [5.41, 5.74) is 1.71. The van der Waals surface area contributed by atoms with Crippen LogP contribution in [-0.4, -0.2) is 33.1 Å². The molecule has 0 radical (unpaired) electrons. The zero-order valence-corrected chi connectivity index (χ0v) is 13.8. The third-order valence-electron chi connectivity index (χ3n) is 4.03. The Labute approximate surface area is 144 Å². The zero-order chi connectivity index (χ0) is 17.6. The molecule has 0 aliphatic heterocycles. The predicted octanol–water partition coefficient (Wildman–Crippen LogP) is 2.45. The highest BCUT2D eigenvalue weighted by atomic mass is 19.1. The topological polar surface area (TPSA) is 69.2 Å². The van der Waals surface area contributed by atoms with E-state index >= 15 is 0 Å². The number of H-pyrrole nitrogens is 1. The summed E-state index contributed by atoms with van der Waals surface area (Å²) < 4.78 is 14.0. The molecule has 0 saturated heterocycles. The molecule has 0 amide bonds. The van der Waals surface area contributed by atoms with Gasteiger partial charge in [-0.25, -0.2) is 4.39 Å². The van der Waals surface area contributed by atoms with E-state index < -0.39 is 5.82 Å². The second kappa shape index (κ2) is 8.00. The molecule has 2 heterocycles. The molecule has 0 fully saturated rings. The lowest BCUT2D eigenvalue weighted by atomic mass is 10.1. The Kier molecular flexibility index (Phi) is 5.53. The highest BCUT2D eigenvalue weighted by Crippen LogP contribution is 2.14. The SMILES string of the molecule is O=c1cc(CN(CCCO)Cc2cccnc2)[nH]c2c(F)cccc12. The molecule has 3 rings (SSSR count). The molecule has 0 unspecified atom stereocenters. The smallest absolute Gasteiger partial charge is 0.189 e. The minimum Gasteiger partial charge on any atom is -0.396 e. The number of aliphatic hydroxyl groups excluding tert-OH is 1. The summed E-state index contributed by atoms with van der Waals surface area (Å²) in [5.74, 6) is -0.439. The van der Waals surface area contributed by atoms with Crippen molar-refractivity contribution in [3.05, 3.63) is 76.1 Å². The van der Waals surface area contributed by atoms with Crippen molar-refractivity contribution < 1.29 is 9.50 Å². The number of hydrogen-bond acceptors (Lipinski definition) is 4. The number of benzene rings is 1. The van der Waals surface area contributed by atoms with Crippen molar-refractivity contribution in [3.63, 3.8) is 0 Å². The van der Waals surface area contributed by atoms with Crippen molar-refractivity contribution >= 4 is 10.9 Å². The van der Waals surface area contributed by atoms with Gasteiger partial charge in [0, 0.05) is 55.8 Å². The second-order valence-corrected chi connectivity index (χ2v) is 5.97. The van der Waals surface area contributed by atoms with Crippen molar-refractivity contribution in [3.8, 4) is 0 Å². The van der Waals surface area contributed by atoms with E-state index in [1.54, 1.807) is 18.5 Å². The third kappa shape index (κ3) is 4.29. The van der Waals surface area contributed by atoms with Crippen LogP contribution in [0.2, 0.25) is 0 Å². The summed E-state index contributed by atoms with van der Waals surface area (Å²) in [6.45, 7) is 1.83. The van der Waals surface area contributed by atoms with Gasteiger partial charge in [-0.2, -0.15) is 0 Å². The first-order valence-corrected chi connectivity index (χ1v) is 8.20. The number of aliphatic hydroxyl groups is 1. The largest absolute Gasteiger partial charge is 0.396 e. The van der Waals surface area contributed by atoms with Crippen molar-refractivity contribution in [2.75, 3.05) is 13.2 Å². The lowest BCUT2D eigenvalue weighted by molar-refractivity contribution is 0.211. The van der Waals surface area contributed by atoms with Gasteiger partial charge in [0.05, 0.1) is 5.52 Å². The Morgan fingerprint density at radius 3 is 2.84 bits per heavy atom. The Bertz CT molecular complexity index is 896. The molecule has 0 atom stereocenters. The molecule has 2 aromatic heterocycles. The molecule has 0 bridgehead atoms. The van der Waals surface area contributed by atoms with Crippen LogP contribution in [0, 0.1) is 5.82 Å². The van der Waals surface area contributed by atoms with Gasteiger partial charge in [-0.1, -0.05) is 12.1 Å². The Morgan fingerprint density at radius 2 is 2.08 bits per heavy atom. The fourth-order valence-electron chi connectivity index (χ4n) is 2.87. The molecule has 0 aliphatic carbocycles. The summed E-state index contributed by atoms with van der Waals surface area (Å²) >= 11 is 0. The van der Waals surface area contributed by atoms with Crippen molar-refractivity contribution in [1.29, 1.82) is 0 Å². The van der Waals surface area contributed by atoms with E-state index in [1.165, 1.54) is 18.2 Å². The molecule has 2 N–H and O–H groups in total. The van der Waals surface area contributed by atoms with Crippen LogP contribution < -0.4 is 5.43 Å². The second-order valence-electron chi connectivity index (χ2n) is 5.97. The number of para-hydroxylation sites is 1. The molecule has 1 aromatic carbocycles. The van der Waals surface area contributed by atoms with Gasteiger partial charge in [-0.3, -0.25) is 14.7 Å². The molecule has 0 spiro atoms. The molecule has 130 valence electrons. The van der Waals surface area contributed by atoms with Gasteiger partial charge >= 0.3 is 0 Å². The van der Waals surface area contributed by atoms with Crippen LogP contribution in [0.15, 0.2) is 53.6 Å². The lowest BCUT2D eigenvalue weighted by Gasteiger charge is -2.22. The van der Waals surface area contributed by atoms with Crippen LogP contribution in [0.1, 0.15) is 17.7 Å². The molecule has 5 nitrogen and oxygen atoms in total. The molecule has 0 aliphatic rings. The predicted molar refractivity (Wildman–Crippen MR) is 94.6 cm³/mol. The van der Waals surface area contributed by atoms with Crippen molar-refractivity contribution in [1.82, 2.24) is 14.9 Å². The summed E-state index contributed by atoms with van der Waals surface area (Å²) in [4.78, 5) is 21.5. The van der Waals surface area contributed by atoms with Crippen molar-refractivity contribution in [2.45, 2.75) is 19.5 Å². The summed E-state index contributed by atoms with van der Waals surface area (Å²) in [6.07, 6.45) is 4.12. The monoisotopic (exact) mass is 341 g/mol. The highest BCUT2D eigenvalue weighted by molar-refractivity contribution is 5.78. The maximum absolute atomic E-state index is 14.0. The van der Waals surface area contributed by atoms with Crippen LogP contribution in [-0.2, 0) is 13.1 Å². The average Bonchev–Trinajstić information content (AvgIpc) is 2.61. The van der Waals surface area contributed by atoms with E-state index in [0.29, 0.717) is 37.1 Å². The van der Waals surface area contributed by atoms with E-state index in [1.807, 2.05) is 12.1 Å². The third-order valence-corrected chi connectivity index (χ3v) is 4.03. The molecule has 3 aromatic rings. The number of aromatic nitrogens is 2. The fraction of sp³-hybridized carbons (Fsp3) is 0.263. The summed E-state index contributed by atoms with van der Waals surface area (Å²) in [6, 6.07) is 9.83. The number of nitrogens with one attached hydrogen (secondary N) is 1. The van der Waals surface area contributed by atoms with E-state index in [4.69, 9.17) is 5.11 Å². The van der Waals surface area contributed by atoms with Gasteiger partial charge < -0.3 is 10.1 Å². The number of nitrogens with zero attached hydrogens (tertiary/aromatic N) is 2. The normalized spacial score (nSPS) is 11.3. The van der Waals surface area contributed by atoms with Gasteiger partial charge in [0.15, 0.2) is 5.43 Å². The quantitative estimate of drug-likeness (QED) is 0.693. The Balaban J connectivity index is 1.87. The first-order valence-electron chi connectivity index (χ1n) is 8.20. The molecule has 25 heavy (non-hydrogen) atoms. The molecule has 6 heteroatoms. The first kappa shape index (κ1) is 17.3. The van der Waals surface area contributed by atoms with E-state index in [0.717, 1.165) is 5.56 Å². The minimum absolute atomic E-state index is 0.0897. The van der Waals surface area contributed by atoms with Gasteiger partial charge in [-0.05, 0) is 30.2 Å². The highest BCUT2D eigenvalue weighted by Gasteiger charge is 2.11. The van der Waals surface area contributed by atoms with Crippen LogP contribution in [0.4, 0.5) is 4.39 Å². The maximum Gasteiger partial charge on any atom is 0.189 e. The van der Waals surface area contributed by atoms with Crippen LogP contribution in [0.5, 0.6) is 0 Å². The molecular formula is C19H20FN3O2. The maximum atomic E-state index is 14.0. The average molecular weight is 341 g/mol. The summed E-state index contributed by atoms with van der Waals surface area (Å²) in [7, 11) is 0. The van der Waals surface area contributed by atoms with E-state index in [2.05, 4.69) is 14.9 Å². The standard InChI is InChI=1S/C19H20FN3O2/c20-17-6-1-5-16-18(25)10-15(22-19(16)17)13-23(8-3-9-24)12-14-4-2-7-21-11-14/h1-2,4-7,10-11,24H,3,8-9,12-13H2,(H,22,25). The van der Waals surface area contributed by atoms with Gasteiger partial charge in [0.25, 0.3) is 0 Å². The number of aromatic amines is 1. The number of halogens is 1. The Morgan fingerprint density at radius 1 is 1.20 bits per heavy atom. The number of hydrogen-bond donors (Lipinski definition) is 2. The van der Waals surface area contributed by atoms with Gasteiger partial charge in [-0.15, -0.1) is 0 Å².